The van der Waals surface area contributed by atoms with Crippen molar-refractivity contribution in [2.75, 3.05) is 6.61 Å². The van der Waals surface area contributed by atoms with E-state index >= 15 is 0 Å². The van der Waals surface area contributed by atoms with E-state index in [0.29, 0.717) is 11.1 Å². The maximum Gasteiger partial charge on any atom is 0.162 e. The van der Waals surface area contributed by atoms with Crippen molar-refractivity contribution in [1.82, 2.24) is 0 Å². The van der Waals surface area contributed by atoms with Gasteiger partial charge >= 0.3 is 0 Å². The van der Waals surface area contributed by atoms with Crippen molar-refractivity contribution in [3.63, 3.8) is 0 Å². The molecule has 4 heteroatoms. The predicted octanol–water partition coefficient (Wildman–Crippen LogP) is 3.24. The summed E-state index contributed by atoms with van der Waals surface area (Å²) < 4.78 is 5.85. The van der Waals surface area contributed by atoms with Gasteiger partial charge in [-0.05, 0) is 64.5 Å². The first-order valence-electron chi connectivity index (χ1n) is 8.76. The van der Waals surface area contributed by atoms with Crippen LogP contribution in [0, 0.1) is 0 Å². The first kappa shape index (κ1) is 19.1. The van der Waals surface area contributed by atoms with Crippen LogP contribution in [-0.2, 0) is 9.53 Å². The number of rotatable bonds is 2. The lowest BCUT2D eigenvalue weighted by molar-refractivity contribution is -0.115. The molecule has 2 rings (SSSR count). The van der Waals surface area contributed by atoms with Gasteiger partial charge in [-0.15, -0.1) is 0 Å². The molecule has 1 fully saturated rings. The molecule has 2 N–H and O–H groups in total. The molecule has 0 aromatic carbocycles. The van der Waals surface area contributed by atoms with Gasteiger partial charge < -0.3 is 14.9 Å². The van der Waals surface area contributed by atoms with Gasteiger partial charge in [-0.2, -0.15) is 0 Å². The topological polar surface area (TPSA) is 70.1 Å². The Labute approximate surface area is 144 Å². The van der Waals surface area contributed by atoms with Crippen molar-refractivity contribution in [3.8, 4) is 0 Å². The smallest absolute Gasteiger partial charge is 0.162 e. The minimum Gasteiger partial charge on any atom is -0.393 e. The number of epoxide rings is 1. The number of fused-ring (bicyclic) bond motifs is 1. The van der Waals surface area contributed by atoms with Gasteiger partial charge in [0.05, 0.1) is 18.3 Å². The zero-order valence-corrected chi connectivity index (χ0v) is 15.3. The van der Waals surface area contributed by atoms with Gasteiger partial charge in [-0.1, -0.05) is 23.8 Å². The minimum absolute atomic E-state index is 0.0171. The van der Waals surface area contributed by atoms with Crippen molar-refractivity contribution < 1.29 is 19.7 Å². The normalized spacial score (nSPS) is 38.3. The summed E-state index contributed by atoms with van der Waals surface area (Å²) in [4.78, 5) is 12.5. The Balaban J connectivity index is 2.27. The number of carbonyl (C=O) groups is 1. The van der Waals surface area contributed by atoms with Crippen LogP contribution in [0.25, 0.3) is 0 Å². The van der Waals surface area contributed by atoms with Gasteiger partial charge in [0.15, 0.2) is 5.78 Å². The van der Waals surface area contributed by atoms with E-state index in [4.69, 9.17) is 4.74 Å². The Morgan fingerprint density at radius 1 is 1.38 bits per heavy atom. The third-order valence-corrected chi connectivity index (χ3v) is 5.29. The summed E-state index contributed by atoms with van der Waals surface area (Å²) in [6.07, 6.45) is 9.75. The second-order valence-corrected chi connectivity index (χ2v) is 7.62. The second kappa shape index (κ2) is 7.34. The maximum absolute atomic E-state index is 12.5. The summed E-state index contributed by atoms with van der Waals surface area (Å²) in [7, 11) is 0. The van der Waals surface area contributed by atoms with Crippen molar-refractivity contribution >= 4 is 5.78 Å². The third-order valence-electron chi connectivity index (χ3n) is 5.29. The number of aliphatic hydroxyl groups is 2. The molecule has 0 unspecified atom stereocenters. The molecule has 0 bridgehead atoms. The van der Waals surface area contributed by atoms with Crippen molar-refractivity contribution in [2.45, 2.75) is 77.1 Å². The fourth-order valence-electron chi connectivity index (χ4n) is 3.09. The number of carbonyl (C=O) groups excluding carboxylic acids is 1. The van der Waals surface area contributed by atoms with Crippen LogP contribution in [0.5, 0.6) is 0 Å². The van der Waals surface area contributed by atoms with E-state index in [1.54, 1.807) is 13.0 Å². The van der Waals surface area contributed by atoms with E-state index in [2.05, 4.69) is 6.92 Å². The Morgan fingerprint density at radius 3 is 2.75 bits per heavy atom. The molecular weight excluding hydrogens is 304 g/mol. The molecule has 0 amide bonds. The van der Waals surface area contributed by atoms with Gasteiger partial charge in [0.2, 0.25) is 0 Å². The van der Waals surface area contributed by atoms with Crippen LogP contribution < -0.4 is 0 Å². The van der Waals surface area contributed by atoms with Crippen LogP contribution in [0.4, 0.5) is 0 Å². The fourth-order valence-corrected chi connectivity index (χ4v) is 3.09. The first-order chi connectivity index (χ1) is 11.2. The van der Waals surface area contributed by atoms with E-state index < -0.39 is 12.2 Å². The monoisotopic (exact) mass is 334 g/mol. The molecule has 24 heavy (non-hydrogen) atoms. The van der Waals surface area contributed by atoms with Crippen LogP contribution in [0.1, 0.15) is 59.8 Å². The van der Waals surface area contributed by atoms with Crippen LogP contribution >= 0.6 is 0 Å². The largest absolute Gasteiger partial charge is 0.393 e. The number of hydrogen-bond donors (Lipinski definition) is 2. The predicted molar refractivity (Wildman–Crippen MR) is 94.7 cm³/mol. The number of hydrogen-bond acceptors (Lipinski definition) is 4. The van der Waals surface area contributed by atoms with Gasteiger partial charge in [-0.3, -0.25) is 4.79 Å². The Kier molecular flexibility index (Phi) is 5.84. The standard InChI is InChI=1S/C20H30O4/c1-14-7-9-16(19(3,23)13-21)12-17(22)15(2)6-5-11-20(4)18(24-20)10-8-14/h6-7,9,18,21,23H,5,8,10-13H2,1-4H3/b14-7+,15-6+,16-9+/t18-,19-,20-/m0/s1. The highest BCUT2D eigenvalue weighted by atomic mass is 16.6. The average Bonchev–Trinajstić information content (AvgIpc) is 3.18. The molecule has 0 spiro atoms. The summed E-state index contributed by atoms with van der Waals surface area (Å²) in [5.74, 6) is -0.0171. The molecule has 0 aromatic rings. The van der Waals surface area contributed by atoms with E-state index in [-0.39, 0.29) is 23.9 Å². The Hall–Kier alpha value is -1.23. The molecule has 1 heterocycles. The number of ether oxygens (including phenoxy) is 1. The highest BCUT2D eigenvalue weighted by Gasteiger charge is 2.50. The summed E-state index contributed by atoms with van der Waals surface area (Å²) in [6, 6.07) is 0. The zero-order valence-electron chi connectivity index (χ0n) is 15.3. The molecule has 0 aromatic heterocycles. The quantitative estimate of drug-likeness (QED) is 0.761. The van der Waals surface area contributed by atoms with Gasteiger partial charge in [0.25, 0.3) is 0 Å². The van der Waals surface area contributed by atoms with Crippen molar-refractivity contribution in [1.29, 1.82) is 0 Å². The molecule has 2 aliphatic rings. The molecule has 0 radical (unpaired) electrons. The van der Waals surface area contributed by atoms with Crippen molar-refractivity contribution in [3.05, 3.63) is 34.9 Å². The first-order valence-corrected chi connectivity index (χ1v) is 8.76. The number of allylic oxidation sites excluding steroid dienone is 5. The van der Waals surface area contributed by atoms with Gasteiger partial charge in [0, 0.05) is 6.42 Å². The molecule has 134 valence electrons. The Morgan fingerprint density at radius 2 is 2.08 bits per heavy atom. The molecular formula is C20H30O4. The van der Waals surface area contributed by atoms with Crippen molar-refractivity contribution in [2.24, 2.45) is 0 Å². The molecule has 0 saturated carbocycles. The molecule has 1 aliphatic heterocycles. The lowest BCUT2D eigenvalue weighted by Gasteiger charge is -2.24. The fraction of sp³-hybridized carbons (Fsp3) is 0.650. The molecule has 1 saturated heterocycles. The lowest BCUT2D eigenvalue weighted by Crippen LogP contribution is -2.32. The number of Topliss-reactive ketones (excluding diaryl/α,β-unsaturated/α-hetero) is 1. The van der Waals surface area contributed by atoms with E-state index in [9.17, 15) is 15.0 Å². The summed E-state index contributed by atoms with van der Waals surface area (Å²) in [6.45, 7) is 7.13. The summed E-state index contributed by atoms with van der Waals surface area (Å²) in [5.41, 5.74) is 0.990. The van der Waals surface area contributed by atoms with Crippen LogP contribution in [-0.4, -0.2) is 39.9 Å². The maximum atomic E-state index is 12.5. The van der Waals surface area contributed by atoms with Crippen LogP contribution in [0.3, 0.4) is 0 Å². The highest BCUT2D eigenvalue weighted by molar-refractivity contribution is 5.96. The number of ketones is 1. The Bertz CT molecular complexity index is 582. The third kappa shape index (κ3) is 4.65. The molecule has 4 nitrogen and oxygen atoms in total. The SMILES string of the molecule is C/C1=C\C=C(\[C@@](C)(O)CO)CC(=O)/C(C)=C/CC[C@]2(C)O[C@H]2CC1. The average molecular weight is 334 g/mol. The molecule has 3 atom stereocenters. The van der Waals surface area contributed by atoms with Crippen LogP contribution in [0.15, 0.2) is 34.9 Å². The van der Waals surface area contributed by atoms with E-state index in [1.807, 2.05) is 26.0 Å². The van der Waals surface area contributed by atoms with Gasteiger partial charge in [0.1, 0.15) is 5.60 Å². The van der Waals surface area contributed by atoms with Crippen LogP contribution in [0.2, 0.25) is 0 Å². The summed E-state index contributed by atoms with van der Waals surface area (Å²) >= 11 is 0. The van der Waals surface area contributed by atoms with E-state index in [1.165, 1.54) is 5.57 Å². The highest BCUT2D eigenvalue weighted by Crippen LogP contribution is 2.43. The van der Waals surface area contributed by atoms with Gasteiger partial charge in [-0.25, -0.2) is 0 Å². The van der Waals surface area contributed by atoms with E-state index in [0.717, 1.165) is 25.7 Å². The summed E-state index contributed by atoms with van der Waals surface area (Å²) in [5, 5.41) is 19.8. The minimum atomic E-state index is -1.39. The lowest BCUT2D eigenvalue weighted by atomic mass is 9.89. The number of aliphatic hydroxyl groups excluding tert-OH is 1. The zero-order chi connectivity index (χ0) is 18.0. The molecule has 1 aliphatic carbocycles. The second-order valence-electron chi connectivity index (χ2n) is 7.62.